The summed E-state index contributed by atoms with van der Waals surface area (Å²) in [4.78, 5) is 35.6. The minimum absolute atomic E-state index is 0.0111. The summed E-state index contributed by atoms with van der Waals surface area (Å²) in [6, 6.07) is 12.9. The molecular formula is C19H17ClO5. The zero-order valence-electron chi connectivity index (χ0n) is 13.7. The number of benzene rings is 2. The van der Waals surface area contributed by atoms with Crippen LogP contribution in [0.15, 0.2) is 48.5 Å². The number of hydrogen-bond donors (Lipinski definition) is 0. The van der Waals surface area contributed by atoms with Gasteiger partial charge in [0.1, 0.15) is 5.75 Å². The SMILES string of the molecule is COc1ccc(C(=O)COC(=O)CCC(=O)c2ccc(Cl)cc2)cc1. The van der Waals surface area contributed by atoms with Crippen molar-refractivity contribution in [2.75, 3.05) is 13.7 Å². The highest BCUT2D eigenvalue weighted by Gasteiger charge is 2.13. The molecule has 0 N–H and O–H groups in total. The molecule has 0 unspecified atom stereocenters. The van der Waals surface area contributed by atoms with Gasteiger partial charge in [-0.05, 0) is 48.5 Å². The number of halogens is 1. The van der Waals surface area contributed by atoms with E-state index in [1.807, 2.05) is 0 Å². The van der Waals surface area contributed by atoms with E-state index in [0.717, 1.165) is 0 Å². The smallest absolute Gasteiger partial charge is 0.306 e. The number of rotatable bonds is 8. The van der Waals surface area contributed by atoms with Crippen LogP contribution in [0.5, 0.6) is 5.75 Å². The number of esters is 1. The van der Waals surface area contributed by atoms with Gasteiger partial charge in [0.25, 0.3) is 0 Å². The van der Waals surface area contributed by atoms with Crippen molar-refractivity contribution in [2.45, 2.75) is 12.8 Å². The van der Waals surface area contributed by atoms with E-state index < -0.39 is 5.97 Å². The summed E-state index contributed by atoms with van der Waals surface area (Å²) in [6.07, 6.45) is -0.0749. The zero-order chi connectivity index (χ0) is 18.2. The molecule has 0 radical (unpaired) electrons. The molecule has 0 aliphatic heterocycles. The molecule has 0 aliphatic rings. The lowest BCUT2D eigenvalue weighted by Gasteiger charge is -2.05. The predicted octanol–water partition coefficient (Wildman–Crippen LogP) is 3.74. The summed E-state index contributed by atoms with van der Waals surface area (Å²) in [6.45, 7) is -0.361. The molecule has 0 amide bonds. The first kappa shape index (κ1) is 18.7. The van der Waals surface area contributed by atoms with Crippen LogP contribution in [-0.2, 0) is 9.53 Å². The van der Waals surface area contributed by atoms with E-state index in [1.54, 1.807) is 48.5 Å². The monoisotopic (exact) mass is 360 g/mol. The number of carbonyl (C=O) groups is 3. The number of ether oxygens (including phenoxy) is 2. The molecular weight excluding hydrogens is 344 g/mol. The zero-order valence-corrected chi connectivity index (χ0v) is 14.4. The first-order chi connectivity index (χ1) is 12.0. The van der Waals surface area contributed by atoms with Gasteiger partial charge in [0, 0.05) is 22.6 Å². The Balaban J connectivity index is 1.77. The Labute approximate surface area is 150 Å². The van der Waals surface area contributed by atoms with Crippen LogP contribution in [-0.4, -0.2) is 31.3 Å². The first-order valence-corrected chi connectivity index (χ1v) is 7.99. The summed E-state index contributed by atoms with van der Waals surface area (Å²) in [5.74, 6) is -0.464. The average Bonchev–Trinajstić information content (AvgIpc) is 2.64. The van der Waals surface area contributed by atoms with Crippen molar-refractivity contribution in [3.63, 3.8) is 0 Å². The van der Waals surface area contributed by atoms with Gasteiger partial charge in [0.2, 0.25) is 0 Å². The maximum absolute atomic E-state index is 12.0. The predicted molar refractivity (Wildman–Crippen MR) is 93.3 cm³/mol. The van der Waals surface area contributed by atoms with Crippen molar-refractivity contribution in [3.05, 3.63) is 64.7 Å². The molecule has 2 aromatic rings. The van der Waals surface area contributed by atoms with Gasteiger partial charge in [-0.3, -0.25) is 14.4 Å². The van der Waals surface area contributed by atoms with Crippen LogP contribution in [0.3, 0.4) is 0 Å². The fourth-order valence-electron chi connectivity index (χ4n) is 2.07. The molecule has 25 heavy (non-hydrogen) atoms. The fraction of sp³-hybridized carbons (Fsp3) is 0.211. The Morgan fingerprint density at radius 2 is 1.40 bits per heavy atom. The van der Waals surface area contributed by atoms with Crippen LogP contribution in [0, 0.1) is 0 Å². The second-order valence-corrected chi connectivity index (χ2v) is 5.68. The Hall–Kier alpha value is -2.66. The lowest BCUT2D eigenvalue weighted by atomic mass is 10.1. The molecule has 130 valence electrons. The van der Waals surface area contributed by atoms with E-state index in [9.17, 15) is 14.4 Å². The molecule has 0 bridgehead atoms. The average molecular weight is 361 g/mol. The van der Waals surface area contributed by atoms with Crippen LogP contribution in [0.25, 0.3) is 0 Å². The van der Waals surface area contributed by atoms with Crippen molar-refractivity contribution in [3.8, 4) is 5.75 Å². The van der Waals surface area contributed by atoms with E-state index >= 15 is 0 Å². The van der Waals surface area contributed by atoms with Crippen LogP contribution >= 0.6 is 11.6 Å². The van der Waals surface area contributed by atoms with E-state index in [2.05, 4.69) is 0 Å². The Kier molecular flexibility index (Phi) is 6.71. The van der Waals surface area contributed by atoms with Gasteiger partial charge in [0.15, 0.2) is 18.2 Å². The highest BCUT2D eigenvalue weighted by atomic mass is 35.5. The van der Waals surface area contributed by atoms with E-state index in [0.29, 0.717) is 21.9 Å². The summed E-state index contributed by atoms with van der Waals surface area (Å²) >= 11 is 5.76. The fourth-order valence-corrected chi connectivity index (χ4v) is 2.20. The second-order valence-electron chi connectivity index (χ2n) is 5.24. The van der Waals surface area contributed by atoms with E-state index in [-0.39, 0.29) is 31.0 Å². The third-order valence-electron chi connectivity index (χ3n) is 3.50. The third kappa shape index (κ3) is 5.72. The van der Waals surface area contributed by atoms with Crippen LogP contribution in [0.1, 0.15) is 33.6 Å². The minimum atomic E-state index is -0.593. The maximum atomic E-state index is 12.0. The molecule has 0 aromatic heterocycles. The second kappa shape index (κ2) is 8.99. The topological polar surface area (TPSA) is 69.7 Å². The lowest BCUT2D eigenvalue weighted by Crippen LogP contribution is -2.15. The van der Waals surface area contributed by atoms with E-state index in [1.165, 1.54) is 7.11 Å². The quantitative estimate of drug-likeness (QED) is 0.530. The summed E-state index contributed by atoms with van der Waals surface area (Å²) in [7, 11) is 1.53. The van der Waals surface area contributed by atoms with Crippen molar-refractivity contribution in [1.29, 1.82) is 0 Å². The van der Waals surface area contributed by atoms with Crippen LogP contribution in [0.4, 0.5) is 0 Å². The van der Waals surface area contributed by atoms with Crippen LogP contribution < -0.4 is 4.74 Å². The Morgan fingerprint density at radius 1 is 0.840 bits per heavy atom. The summed E-state index contributed by atoms with van der Waals surface area (Å²) in [5.41, 5.74) is 0.900. The Bertz CT molecular complexity index is 750. The van der Waals surface area contributed by atoms with Crippen LogP contribution in [0.2, 0.25) is 5.02 Å². The van der Waals surface area contributed by atoms with Gasteiger partial charge in [-0.25, -0.2) is 0 Å². The number of Topliss-reactive ketones (excluding diaryl/α,β-unsaturated/α-hetero) is 2. The lowest BCUT2D eigenvalue weighted by molar-refractivity contribution is -0.142. The normalized spacial score (nSPS) is 10.2. The number of ketones is 2. The standard InChI is InChI=1S/C19H17ClO5/c1-24-16-8-4-14(5-9-16)18(22)12-25-19(23)11-10-17(21)13-2-6-15(20)7-3-13/h2-9H,10-12H2,1H3. The molecule has 0 spiro atoms. The van der Waals surface area contributed by atoms with Crippen molar-refractivity contribution >= 4 is 29.1 Å². The maximum Gasteiger partial charge on any atom is 0.306 e. The number of methoxy groups -OCH3 is 1. The van der Waals surface area contributed by atoms with Gasteiger partial charge < -0.3 is 9.47 Å². The van der Waals surface area contributed by atoms with Crippen molar-refractivity contribution in [2.24, 2.45) is 0 Å². The van der Waals surface area contributed by atoms with Gasteiger partial charge in [-0.1, -0.05) is 11.6 Å². The molecule has 2 aromatic carbocycles. The number of hydrogen-bond acceptors (Lipinski definition) is 5. The molecule has 6 heteroatoms. The van der Waals surface area contributed by atoms with Gasteiger partial charge in [0.05, 0.1) is 13.5 Å². The van der Waals surface area contributed by atoms with E-state index in [4.69, 9.17) is 21.1 Å². The molecule has 0 saturated carbocycles. The summed E-state index contributed by atoms with van der Waals surface area (Å²) < 4.78 is 9.94. The minimum Gasteiger partial charge on any atom is -0.497 e. The Morgan fingerprint density at radius 3 is 2.00 bits per heavy atom. The van der Waals surface area contributed by atoms with Gasteiger partial charge >= 0.3 is 5.97 Å². The highest BCUT2D eigenvalue weighted by Crippen LogP contribution is 2.13. The molecule has 5 nitrogen and oxygen atoms in total. The number of carbonyl (C=O) groups excluding carboxylic acids is 3. The molecule has 0 saturated heterocycles. The molecule has 0 aliphatic carbocycles. The third-order valence-corrected chi connectivity index (χ3v) is 3.75. The molecule has 0 atom stereocenters. The highest BCUT2D eigenvalue weighted by molar-refractivity contribution is 6.30. The van der Waals surface area contributed by atoms with Crippen molar-refractivity contribution < 1.29 is 23.9 Å². The first-order valence-electron chi connectivity index (χ1n) is 7.61. The molecule has 0 heterocycles. The van der Waals surface area contributed by atoms with Crippen molar-refractivity contribution in [1.82, 2.24) is 0 Å². The largest absolute Gasteiger partial charge is 0.497 e. The summed E-state index contributed by atoms with van der Waals surface area (Å²) in [5, 5.41) is 0.535. The molecule has 0 fully saturated rings. The molecule has 2 rings (SSSR count). The van der Waals surface area contributed by atoms with Gasteiger partial charge in [-0.2, -0.15) is 0 Å². The van der Waals surface area contributed by atoms with Gasteiger partial charge in [-0.15, -0.1) is 0 Å².